The Morgan fingerprint density at radius 2 is 1.90 bits per heavy atom. The van der Waals surface area contributed by atoms with Crippen molar-refractivity contribution in [3.8, 4) is 0 Å². The van der Waals surface area contributed by atoms with Crippen LogP contribution in [0.4, 0.5) is 11.6 Å². The lowest BCUT2D eigenvalue weighted by Crippen LogP contribution is -2.27. The normalized spacial score (nSPS) is 22.4. The van der Waals surface area contributed by atoms with E-state index < -0.39 is 9.84 Å². The van der Waals surface area contributed by atoms with Crippen molar-refractivity contribution in [1.82, 2.24) is 9.97 Å². The molecule has 0 bridgehead atoms. The van der Waals surface area contributed by atoms with Gasteiger partial charge in [0, 0.05) is 25.7 Å². The quantitative estimate of drug-likeness (QED) is 0.904. The Morgan fingerprint density at radius 3 is 2.62 bits per heavy atom. The van der Waals surface area contributed by atoms with Gasteiger partial charge in [0.1, 0.15) is 27.8 Å². The van der Waals surface area contributed by atoms with Crippen LogP contribution in [0.15, 0.2) is 12.4 Å². The van der Waals surface area contributed by atoms with E-state index >= 15 is 0 Å². The van der Waals surface area contributed by atoms with E-state index in [4.69, 9.17) is 0 Å². The molecule has 2 aliphatic heterocycles. The second-order valence-corrected chi connectivity index (χ2v) is 8.24. The molecule has 0 amide bonds. The van der Waals surface area contributed by atoms with Gasteiger partial charge in [-0.3, -0.25) is 0 Å². The van der Waals surface area contributed by atoms with Crippen LogP contribution in [-0.2, 0) is 9.84 Å². The Labute approximate surface area is 125 Å². The molecule has 2 fully saturated rings. The molecule has 7 heteroatoms. The molecule has 3 rings (SSSR count). The minimum atomic E-state index is -2.78. The number of aromatic nitrogens is 2. The smallest absolute Gasteiger partial charge is 0.150 e. The number of nitrogens with one attached hydrogen (secondary N) is 1. The van der Waals surface area contributed by atoms with E-state index in [1.165, 1.54) is 12.8 Å². The van der Waals surface area contributed by atoms with Gasteiger partial charge < -0.3 is 10.2 Å². The van der Waals surface area contributed by atoms with Crippen LogP contribution >= 0.6 is 0 Å². The monoisotopic (exact) mass is 310 g/mol. The second kappa shape index (κ2) is 6.17. The van der Waals surface area contributed by atoms with Crippen LogP contribution in [0.1, 0.15) is 25.7 Å². The molecule has 6 nitrogen and oxygen atoms in total. The van der Waals surface area contributed by atoms with Gasteiger partial charge in [0.05, 0.1) is 11.5 Å². The highest BCUT2D eigenvalue weighted by molar-refractivity contribution is 7.91. The topological polar surface area (TPSA) is 75.2 Å². The summed E-state index contributed by atoms with van der Waals surface area (Å²) in [4.78, 5) is 10.9. The summed E-state index contributed by atoms with van der Waals surface area (Å²) < 4.78 is 22.8. The van der Waals surface area contributed by atoms with Gasteiger partial charge in [0.15, 0.2) is 0 Å². The summed E-state index contributed by atoms with van der Waals surface area (Å²) in [6.45, 7) is 2.92. The summed E-state index contributed by atoms with van der Waals surface area (Å²) in [6.07, 6.45) is 5.55. The molecule has 21 heavy (non-hydrogen) atoms. The largest absolute Gasteiger partial charge is 0.370 e. The summed E-state index contributed by atoms with van der Waals surface area (Å²) in [5.41, 5.74) is 0. The number of sulfone groups is 1. The molecule has 0 saturated carbocycles. The van der Waals surface area contributed by atoms with Gasteiger partial charge in [-0.25, -0.2) is 18.4 Å². The van der Waals surface area contributed by atoms with E-state index in [2.05, 4.69) is 20.2 Å². The van der Waals surface area contributed by atoms with Gasteiger partial charge in [-0.1, -0.05) is 0 Å². The lowest BCUT2D eigenvalue weighted by atomic mass is 10.0. The maximum absolute atomic E-state index is 11.4. The fourth-order valence-electron chi connectivity index (χ4n) is 2.95. The molecular weight excluding hydrogens is 288 g/mol. The first-order chi connectivity index (χ1) is 10.1. The average molecular weight is 310 g/mol. The molecule has 0 spiro atoms. The van der Waals surface area contributed by atoms with Crippen molar-refractivity contribution >= 4 is 21.5 Å². The van der Waals surface area contributed by atoms with Gasteiger partial charge in [-0.2, -0.15) is 0 Å². The van der Waals surface area contributed by atoms with Crippen molar-refractivity contribution in [3.05, 3.63) is 12.4 Å². The SMILES string of the molecule is O=S1(=O)CCC(CNc2cc(N3CCCC3)ncn2)CC1. The van der Waals surface area contributed by atoms with Crippen molar-refractivity contribution in [2.45, 2.75) is 25.7 Å². The Bertz CT molecular complexity index is 570. The van der Waals surface area contributed by atoms with E-state index in [-0.39, 0.29) is 0 Å². The second-order valence-electron chi connectivity index (χ2n) is 5.93. The van der Waals surface area contributed by atoms with Crippen molar-refractivity contribution in [1.29, 1.82) is 0 Å². The van der Waals surface area contributed by atoms with E-state index in [0.29, 0.717) is 17.4 Å². The van der Waals surface area contributed by atoms with E-state index in [0.717, 1.165) is 44.1 Å². The molecule has 0 unspecified atom stereocenters. The maximum atomic E-state index is 11.4. The summed E-state index contributed by atoms with van der Waals surface area (Å²) >= 11 is 0. The molecule has 3 heterocycles. The van der Waals surface area contributed by atoms with Gasteiger partial charge in [-0.15, -0.1) is 0 Å². The van der Waals surface area contributed by atoms with E-state index in [9.17, 15) is 8.42 Å². The van der Waals surface area contributed by atoms with Gasteiger partial charge in [-0.05, 0) is 31.6 Å². The molecule has 0 radical (unpaired) electrons. The molecule has 0 aliphatic carbocycles. The van der Waals surface area contributed by atoms with Crippen LogP contribution in [0, 0.1) is 5.92 Å². The number of anilines is 2. The van der Waals surface area contributed by atoms with Crippen LogP contribution in [0.5, 0.6) is 0 Å². The third-order valence-electron chi connectivity index (χ3n) is 4.33. The summed E-state index contributed by atoms with van der Waals surface area (Å²) in [5.74, 6) is 2.87. The van der Waals surface area contributed by atoms with Crippen molar-refractivity contribution in [2.24, 2.45) is 5.92 Å². The molecule has 1 N–H and O–H groups in total. The molecule has 1 aromatic rings. The van der Waals surface area contributed by atoms with Gasteiger partial charge in [0.2, 0.25) is 0 Å². The highest BCUT2D eigenvalue weighted by Crippen LogP contribution is 2.21. The number of rotatable bonds is 4. The summed E-state index contributed by atoms with van der Waals surface area (Å²) in [5, 5.41) is 3.33. The zero-order valence-corrected chi connectivity index (χ0v) is 13.0. The van der Waals surface area contributed by atoms with Crippen LogP contribution in [0.2, 0.25) is 0 Å². The van der Waals surface area contributed by atoms with Crippen molar-refractivity contribution < 1.29 is 8.42 Å². The van der Waals surface area contributed by atoms with Crippen LogP contribution < -0.4 is 10.2 Å². The molecule has 0 atom stereocenters. The van der Waals surface area contributed by atoms with Crippen LogP contribution in [0.25, 0.3) is 0 Å². The number of hydrogen-bond acceptors (Lipinski definition) is 6. The molecular formula is C14H22N4O2S. The molecule has 2 aliphatic rings. The summed E-state index contributed by atoms with van der Waals surface area (Å²) in [7, 11) is -2.78. The Hall–Kier alpha value is -1.37. The standard InChI is InChI=1S/C14H22N4O2S/c19-21(20)7-3-12(4-8-21)10-15-13-9-14(17-11-16-13)18-5-1-2-6-18/h9,11-12H,1-8,10H2,(H,15,16,17). The Morgan fingerprint density at radius 1 is 1.19 bits per heavy atom. The predicted molar refractivity (Wildman–Crippen MR) is 83.3 cm³/mol. The zero-order valence-electron chi connectivity index (χ0n) is 12.2. The molecule has 2 saturated heterocycles. The number of nitrogens with zero attached hydrogens (tertiary/aromatic N) is 3. The average Bonchev–Trinajstić information content (AvgIpc) is 3.01. The lowest BCUT2D eigenvalue weighted by Gasteiger charge is -2.22. The first-order valence-corrected chi connectivity index (χ1v) is 9.46. The summed E-state index contributed by atoms with van der Waals surface area (Å²) in [6, 6.07) is 1.99. The molecule has 0 aromatic carbocycles. The highest BCUT2D eigenvalue weighted by atomic mass is 32.2. The third kappa shape index (κ3) is 3.84. The number of hydrogen-bond donors (Lipinski definition) is 1. The zero-order chi connectivity index (χ0) is 14.7. The van der Waals surface area contributed by atoms with Crippen LogP contribution in [-0.4, -0.2) is 49.5 Å². The maximum Gasteiger partial charge on any atom is 0.150 e. The third-order valence-corrected chi connectivity index (χ3v) is 6.04. The minimum Gasteiger partial charge on any atom is -0.370 e. The van der Waals surface area contributed by atoms with Gasteiger partial charge in [0.25, 0.3) is 0 Å². The predicted octanol–water partition coefficient (Wildman–Crippen LogP) is 1.31. The Kier molecular flexibility index (Phi) is 4.28. The minimum absolute atomic E-state index is 0.322. The van der Waals surface area contributed by atoms with Crippen molar-refractivity contribution in [3.63, 3.8) is 0 Å². The van der Waals surface area contributed by atoms with Crippen LogP contribution in [0.3, 0.4) is 0 Å². The fourth-order valence-corrected chi connectivity index (χ4v) is 4.54. The van der Waals surface area contributed by atoms with Crippen molar-refractivity contribution in [2.75, 3.05) is 41.4 Å². The molecule has 1 aromatic heterocycles. The van der Waals surface area contributed by atoms with Gasteiger partial charge >= 0.3 is 0 Å². The lowest BCUT2D eigenvalue weighted by molar-refractivity contribution is 0.484. The Balaban J connectivity index is 1.54. The first kappa shape index (κ1) is 14.6. The fraction of sp³-hybridized carbons (Fsp3) is 0.714. The van der Waals surface area contributed by atoms with E-state index in [1.54, 1.807) is 6.33 Å². The first-order valence-electron chi connectivity index (χ1n) is 7.64. The molecule has 116 valence electrons. The van der Waals surface area contributed by atoms with E-state index in [1.807, 2.05) is 6.07 Å². The highest BCUT2D eigenvalue weighted by Gasteiger charge is 2.23.